The topological polar surface area (TPSA) is 59.0 Å². The van der Waals surface area contributed by atoms with E-state index in [-0.39, 0.29) is 18.6 Å². The lowest BCUT2D eigenvalue weighted by molar-refractivity contribution is -0.151. The molecule has 0 saturated carbocycles. The van der Waals surface area contributed by atoms with Crippen molar-refractivity contribution in [3.63, 3.8) is 0 Å². The fourth-order valence-corrected chi connectivity index (χ4v) is 1.70. The van der Waals surface area contributed by atoms with E-state index in [9.17, 15) is 9.59 Å². The zero-order valence-corrected chi connectivity index (χ0v) is 9.97. The Labute approximate surface area is 95.4 Å². The molecule has 0 saturated heterocycles. The molecule has 1 amide bonds. The first-order valence-corrected chi connectivity index (χ1v) is 5.69. The van der Waals surface area contributed by atoms with Crippen LogP contribution in [0.25, 0.3) is 0 Å². The number of rotatable bonds is 5. The van der Waals surface area contributed by atoms with Gasteiger partial charge in [0.15, 0.2) is 5.92 Å². The van der Waals surface area contributed by atoms with Gasteiger partial charge >= 0.3 is 5.97 Å². The smallest absolute Gasteiger partial charge is 0.324 e. The molecule has 0 aromatic carbocycles. The van der Waals surface area contributed by atoms with Crippen LogP contribution in [-0.4, -0.2) is 35.7 Å². The highest BCUT2D eigenvalue weighted by Crippen LogP contribution is 2.18. The van der Waals surface area contributed by atoms with Gasteiger partial charge in [-0.2, -0.15) is 5.10 Å². The molecular formula is C11H18N2O3. The predicted octanol–water partition coefficient (Wildman–Crippen LogP) is 1.18. The predicted molar refractivity (Wildman–Crippen MR) is 59.8 cm³/mol. The van der Waals surface area contributed by atoms with Crippen LogP contribution >= 0.6 is 0 Å². The summed E-state index contributed by atoms with van der Waals surface area (Å²) in [6.45, 7) is 5.98. The number of hydrogen-bond donors (Lipinski definition) is 0. The molecule has 0 aromatic rings. The van der Waals surface area contributed by atoms with E-state index < -0.39 is 11.9 Å². The highest BCUT2D eigenvalue weighted by Gasteiger charge is 2.37. The standard InChI is InChI=1S/C11H18N2O3/c1-4-8(5-2)13-10(14)9(7-12-13)11(15)16-6-3/h7-9H,4-6H2,1-3H3. The maximum absolute atomic E-state index is 11.9. The largest absolute Gasteiger partial charge is 0.465 e. The number of esters is 1. The number of nitrogens with zero attached hydrogens (tertiary/aromatic N) is 2. The zero-order valence-electron chi connectivity index (χ0n) is 9.97. The van der Waals surface area contributed by atoms with Gasteiger partial charge < -0.3 is 4.74 Å². The molecule has 90 valence electrons. The van der Waals surface area contributed by atoms with Gasteiger partial charge in [-0.25, -0.2) is 5.01 Å². The third-order valence-electron chi connectivity index (χ3n) is 2.66. The second-order valence-corrected chi connectivity index (χ2v) is 3.65. The molecule has 1 heterocycles. The average molecular weight is 226 g/mol. The molecule has 1 rings (SSSR count). The fourth-order valence-electron chi connectivity index (χ4n) is 1.70. The van der Waals surface area contributed by atoms with Crippen molar-refractivity contribution in [3.8, 4) is 0 Å². The van der Waals surface area contributed by atoms with Crippen molar-refractivity contribution in [3.05, 3.63) is 0 Å². The first-order valence-electron chi connectivity index (χ1n) is 5.69. The van der Waals surface area contributed by atoms with Gasteiger partial charge in [-0.15, -0.1) is 0 Å². The lowest BCUT2D eigenvalue weighted by atomic mass is 10.1. The summed E-state index contributed by atoms with van der Waals surface area (Å²) in [5, 5.41) is 5.41. The Kier molecular flexibility index (Phi) is 4.46. The summed E-state index contributed by atoms with van der Waals surface area (Å²) in [5.41, 5.74) is 0. The van der Waals surface area contributed by atoms with Crippen molar-refractivity contribution < 1.29 is 14.3 Å². The van der Waals surface area contributed by atoms with Gasteiger partial charge in [-0.1, -0.05) is 13.8 Å². The van der Waals surface area contributed by atoms with Gasteiger partial charge in [0, 0.05) is 6.21 Å². The second kappa shape index (κ2) is 5.63. The lowest BCUT2D eigenvalue weighted by Gasteiger charge is -2.22. The number of carbonyl (C=O) groups is 2. The Bertz CT molecular complexity index is 298. The van der Waals surface area contributed by atoms with Crippen LogP contribution in [0.1, 0.15) is 33.6 Å². The van der Waals surface area contributed by atoms with E-state index in [1.165, 1.54) is 11.2 Å². The van der Waals surface area contributed by atoms with Crippen LogP contribution in [-0.2, 0) is 14.3 Å². The molecule has 1 unspecified atom stereocenters. The van der Waals surface area contributed by atoms with Crippen LogP contribution in [0.15, 0.2) is 5.10 Å². The molecular weight excluding hydrogens is 208 g/mol. The van der Waals surface area contributed by atoms with Gasteiger partial charge in [-0.05, 0) is 19.8 Å². The molecule has 5 nitrogen and oxygen atoms in total. The molecule has 0 N–H and O–H groups in total. The van der Waals surface area contributed by atoms with Crippen LogP contribution < -0.4 is 0 Å². The van der Waals surface area contributed by atoms with Crippen LogP contribution in [0, 0.1) is 5.92 Å². The monoisotopic (exact) mass is 226 g/mol. The van der Waals surface area contributed by atoms with Crippen LogP contribution in [0.2, 0.25) is 0 Å². The molecule has 1 aliphatic rings. The maximum Gasteiger partial charge on any atom is 0.324 e. The number of ether oxygens (including phenoxy) is 1. The lowest BCUT2D eigenvalue weighted by Crippen LogP contribution is -2.37. The van der Waals surface area contributed by atoms with E-state index in [1.807, 2.05) is 13.8 Å². The minimum Gasteiger partial charge on any atom is -0.465 e. The van der Waals surface area contributed by atoms with E-state index in [2.05, 4.69) is 5.10 Å². The Hall–Kier alpha value is -1.39. The van der Waals surface area contributed by atoms with E-state index in [1.54, 1.807) is 6.92 Å². The zero-order chi connectivity index (χ0) is 12.1. The van der Waals surface area contributed by atoms with Crippen molar-refractivity contribution in [2.24, 2.45) is 11.0 Å². The molecule has 1 aliphatic heterocycles. The number of hydrogen-bond acceptors (Lipinski definition) is 4. The summed E-state index contributed by atoms with van der Waals surface area (Å²) in [6, 6.07) is 0.0724. The highest BCUT2D eigenvalue weighted by molar-refractivity contribution is 6.13. The van der Waals surface area contributed by atoms with Crippen molar-refractivity contribution in [1.29, 1.82) is 0 Å². The molecule has 1 atom stereocenters. The normalized spacial score (nSPS) is 19.6. The molecule has 0 radical (unpaired) electrons. The van der Waals surface area contributed by atoms with Crippen molar-refractivity contribution in [2.45, 2.75) is 39.7 Å². The van der Waals surface area contributed by atoms with E-state index in [0.29, 0.717) is 0 Å². The van der Waals surface area contributed by atoms with E-state index in [4.69, 9.17) is 4.74 Å². The Morgan fingerprint density at radius 3 is 2.62 bits per heavy atom. The van der Waals surface area contributed by atoms with Gasteiger partial charge in [0.2, 0.25) is 0 Å². The number of carbonyl (C=O) groups excluding carboxylic acids is 2. The third kappa shape index (κ3) is 2.40. The molecule has 0 fully saturated rings. The van der Waals surface area contributed by atoms with Gasteiger partial charge in [0.05, 0.1) is 12.6 Å². The summed E-state index contributed by atoms with van der Waals surface area (Å²) in [4.78, 5) is 23.3. The molecule has 5 heteroatoms. The van der Waals surface area contributed by atoms with Crippen molar-refractivity contribution >= 4 is 18.1 Å². The summed E-state index contributed by atoms with van der Waals surface area (Å²) in [7, 11) is 0. The molecule has 0 spiro atoms. The average Bonchev–Trinajstić information content (AvgIpc) is 2.63. The molecule has 16 heavy (non-hydrogen) atoms. The highest BCUT2D eigenvalue weighted by atomic mass is 16.5. The number of hydrazone groups is 1. The fraction of sp³-hybridized carbons (Fsp3) is 0.727. The third-order valence-corrected chi connectivity index (χ3v) is 2.66. The van der Waals surface area contributed by atoms with Crippen molar-refractivity contribution in [2.75, 3.05) is 6.61 Å². The van der Waals surface area contributed by atoms with E-state index in [0.717, 1.165) is 12.8 Å². The van der Waals surface area contributed by atoms with Gasteiger partial charge in [0.1, 0.15) is 0 Å². The van der Waals surface area contributed by atoms with Crippen LogP contribution in [0.3, 0.4) is 0 Å². The maximum atomic E-state index is 11.9. The summed E-state index contributed by atoms with van der Waals surface area (Å²) in [6.07, 6.45) is 3.03. The Morgan fingerprint density at radius 1 is 1.50 bits per heavy atom. The van der Waals surface area contributed by atoms with Gasteiger partial charge in [-0.3, -0.25) is 9.59 Å². The van der Waals surface area contributed by atoms with Gasteiger partial charge in [0.25, 0.3) is 5.91 Å². The first kappa shape index (κ1) is 12.7. The van der Waals surface area contributed by atoms with E-state index >= 15 is 0 Å². The van der Waals surface area contributed by atoms with Crippen molar-refractivity contribution in [1.82, 2.24) is 5.01 Å². The Morgan fingerprint density at radius 2 is 2.12 bits per heavy atom. The quantitative estimate of drug-likeness (QED) is 0.522. The number of amides is 1. The van der Waals surface area contributed by atoms with Crippen LogP contribution in [0.5, 0.6) is 0 Å². The van der Waals surface area contributed by atoms with Crippen LogP contribution in [0.4, 0.5) is 0 Å². The second-order valence-electron chi connectivity index (χ2n) is 3.65. The summed E-state index contributed by atoms with van der Waals surface area (Å²) >= 11 is 0. The molecule has 0 aliphatic carbocycles. The minimum atomic E-state index is -0.847. The summed E-state index contributed by atoms with van der Waals surface area (Å²) < 4.78 is 4.81. The summed E-state index contributed by atoms with van der Waals surface area (Å²) in [5.74, 6) is -1.63. The Balaban J connectivity index is 2.68. The minimum absolute atomic E-state index is 0.0724. The SMILES string of the molecule is CCOC(=O)C1C=NN(C(CC)CC)C1=O. The molecule has 0 aromatic heterocycles. The first-order chi connectivity index (χ1) is 7.65. The molecule has 0 bridgehead atoms.